The number of carbonyl (C=O) groups excluding carboxylic acids is 1. The van der Waals surface area contributed by atoms with E-state index in [2.05, 4.69) is 5.32 Å². The fourth-order valence-electron chi connectivity index (χ4n) is 2.32. The molecule has 0 spiro atoms. The molecule has 0 aliphatic carbocycles. The number of ether oxygens (including phenoxy) is 2. The fourth-order valence-corrected chi connectivity index (χ4v) is 3.51. The molecular formula is C16H18ClN2O3S+. The summed E-state index contributed by atoms with van der Waals surface area (Å²) in [7, 11) is 2.00. The van der Waals surface area contributed by atoms with Crippen LogP contribution in [0.4, 0.5) is 5.69 Å². The van der Waals surface area contributed by atoms with Gasteiger partial charge >= 0.3 is 0 Å². The van der Waals surface area contributed by atoms with Gasteiger partial charge in [-0.05, 0) is 31.2 Å². The van der Waals surface area contributed by atoms with Crippen LogP contribution in [0.15, 0.2) is 30.3 Å². The van der Waals surface area contributed by atoms with Gasteiger partial charge in [-0.25, -0.2) is 0 Å². The van der Waals surface area contributed by atoms with Gasteiger partial charge in [0.05, 0.1) is 16.3 Å². The molecule has 0 bridgehead atoms. The fraction of sp³-hybridized carbons (Fsp3) is 0.312. The lowest BCUT2D eigenvalue weighted by molar-refractivity contribution is -0.907. The lowest BCUT2D eigenvalue weighted by atomic mass is 10.2. The zero-order valence-electron chi connectivity index (χ0n) is 12.9. The third-order valence-electron chi connectivity index (χ3n) is 3.85. The standard InChI is InChI=1S/C16H17ClN2O3S/c1-10(19(2)8-12-4-6-15(17)23-12)16(20)18-11-3-5-13-14(7-11)22-9-21-13/h3-7,10H,8-9H2,1-2H3,(H,18,20)/p+1/t10-/m1/s1. The quantitative estimate of drug-likeness (QED) is 0.866. The van der Waals surface area contributed by atoms with Gasteiger partial charge in [0.2, 0.25) is 6.79 Å². The number of benzene rings is 1. The predicted molar refractivity (Wildman–Crippen MR) is 90.6 cm³/mol. The van der Waals surface area contributed by atoms with E-state index < -0.39 is 0 Å². The van der Waals surface area contributed by atoms with Crippen LogP contribution in [-0.4, -0.2) is 25.8 Å². The molecule has 7 heteroatoms. The molecule has 0 radical (unpaired) electrons. The Morgan fingerprint density at radius 2 is 2.13 bits per heavy atom. The molecule has 1 aromatic carbocycles. The number of anilines is 1. The maximum atomic E-state index is 12.4. The minimum Gasteiger partial charge on any atom is -0.454 e. The van der Waals surface area contributed by atoms with Crippen molar-refractivity contribution in [3.05, 3.63) is 39.5 Å². The highest BCUT2D eigenvalue weighted by molar-refractivity contribution is 7.16. The van der Waals surface area contributed by atoms with Crippen LogP contribution < -0.4 is 19.7 Å². The number of amides is 1. The Hall–Kier alpha value is -1.76. The van der Waals surface area contributed by atoms with Gasteiger partial charge in [-0.1, -0.05) is 11.6 Å². The molecular weight excluding hydrogens is 336 g/mol. The maximum absolute atomic E-state index is 12.4. The smallest absolute Gasteiger partial charge is 0.282 e. The van der Waals surface area contributed by atoms with Gasteiger partial charge < -0.3 is 19.7 Å². The average Bonchev–Trinajstić information content (AvgIpc) is 3.14. The van der Waals surface area contributed by atoms with Gasteiger partial charge in [-0.2, -0.15) is 0 Å². The number of nitrogens with one attached hydrogen (secondary N) is 2. The van der Waals surface area contributed by atoms with Crippen molar-refractivity contribution in [3.63, 3.8) is 0 Å². The van der Waals surface area contributed by atoms with Crippen LogP contribution in [0.3, 0.4) is 0 Å². The molecule has 3 rings (SSSR count). The van der Waals surface area contributed by atoms with Crippen LogP contribution >= 0.6 is 22.9 Å². The Balaban J connectivity index is 1.60. The zero-order chi connectivity index (χ0) is 16.4. The summed E-state index contributed by atoms with van der Waals surface area (Å²) in [6.07, 6.45) is 0. The van der Waals surface area contributed by atoms with E-state index in [9.17, 15) is 4.79 Å². The van der Waals surface area contributed by atoms with Crippen molar-refractivity contribution in [2.45, 2.75) is 19.5 Å². The largest absolute Gasteiger partial charge is 0.454 e. The van der Waals surface area contributed by atoms with Crippen LogP contribution in [0, 0.1) is 0 Å². The minimum absolute atomic E-state index is 0.0379. The topological polar surface area (TPSA) is 52.0 Å². The Labute approximate surface area is 143 Å². The van der Waals surface area contributed by atoms with E-state index in [4.69, 9.17) is 21.1 Å². The lowest BCUT2D eigenvalue weighted by Gasteiger charge is -2.20. The van der Waals surface area contributed by atoms with Crippen LogP contribution in [0.1, 0.15) is 11.8 Å². The molecule has 2 aromatic rings. The molecule has 0 saturated heterocycles. The average molecular weight is 354 g/mol. The number of thiophene rings is 1. The van der Waals surface area contributed by atoms with Crippen LogP contribution in [-0.2, 0) is 11.3 Å². The first-order chi connectivity index (χ1) is 11.0. The second kappa shape index (κ2) is 6.78. The Bertz CT molecular complexity index is 719. The summed E-state index contributed by atoms with van der Waals surface area (Å²) < 4.78 is 11.4. The molecule has 5 nitrogen and oxygen atoms in total. The van der Waals surface area contributed by atoms with E-state index in [0.29, 0.717) is 17.2 Å². The van der Waals surface area contributed by atoms with E-state index in [1.165, 1.54) is 0 Å². The van der Waals surface area contributed by atoms with Crippen molar-refractivity contribution in [1.82, 2.24) is 0 Å². The van der Waals surface area contributed by atoms with E-state index in [1.54, 1.807) is 23.5 Å². The van der Waals surface area contributed by atoms with Crippen LogP contribution in [0.25, 0.3) is 0 Å². The Morgan fingerprint density at radius 3 is 2.87 bits per heavy atom. The molecule has 0 saturated carbocycles. The van der Waals surface area contributed by atoms with E-state index in [-0.39, 0.29) is 18.7 Å². The van der Waals surface area contributed by atoms with Crippen molar-refractivity contribution in [2.24, 2.45) is 0 Å². The van der Waals surface area contributed by atoms with E-state index >= 15 is 0 Å². The van der Waals surface area contributed by atoms with E-state index in [1.807, 2.05) is 32.2 Å². The van der Waals surface area contributed by atoms with Gasteiger partial charge in [0.25, 0.3) is 5.91 Å². The minimum atomic E-state index is -0.193. The molecule has 1 amide bonds. The monoisotopic (exact) mass is 353 g/mol. The maximum Gasteiger partial charge on any atom is 0.282 e. The first kappa shape index (κ1) is 16.1. The molecule has 1 unspecified atom stereocenters. The molecule has 0 fully saturated rings. The van der Waals surface area contributed by atoms with Crippen molar-refractivity contribution in [3.8, 4) is 11.5 Å². The third-order valence-corrected chi connectivity index (χ3v) is 5.09. The first-order valence-electron chi connectivity index (χ1n) is 7.30. The highest BCUT2D eigenvalue weighted by atomic mass is 35.5. The van der Waals surface area contributed by atoms with Crippen LogP contribution in [0.5, 0.6) is 11.5 Å². The number of halogens is 1. The molecule has 1 aliphatic heterocycles. The number of hydrogen-bond acceptors (Lipinski definition) is 4. The highest BCUT2D eigenvalue weighted by Crippen LogP contribution is 2.34. The van der Waals surface area contributed by atoms with Crippen molar-refractivity contribution in [1.29, 1.82) is 0 Å². The third kappa shape index (κ3) is 3.77. The van der Waals surface area contributed by atoms with Gasteiger partial charge in [0, 0.05) is 11.8 Å². The number of fused-ring (bicyclic) bond motifs is 1. The Morgan fingerprint density at radius 1 is 1.35 bits per heavy atom. The van der Waals surface area contributed by atoms with Gasteiger partial charge in [-0.15, -0.1) is 11.3 Å². The molecule has 23 heavy (non-hydrogen) atoms. The molecule has 2 heterocycles. The molecule has 122 valence electrons. The van der Waals surface area contributed by atoms with Crippen LogP contribution in [0.2, 0.25) is 4.34 Å². The summed E-state index contributed by atoms with van der Waals surface area (Å²) in [5, 5.41) is 2.93. The van der Waals surface area contributed by atoms with Gasteiger partial charge in [0.15, 0.2) is 17.5 Å². The lowest BCUT2D eigenvalue weighted by Crippen LogP contribution is -3.12. The summed E-state index contributed by atoms with van der Waals surface area (Å²) in [5.74, 6) is 1.32. The molecule has 1 aromatic heterocycles. The Kier molecular flexibility index (Phi) is 4.75. The zero-order valence-corrected chi connectivity index (χ0v) is 14.5. The van der Waals surface area contributed by atoms with Crippen molar-refractivity contribution < 1.29 is 19.2 Å². The second-order valence-electron chi connectivity index (χ2n) is 5.51. The number of carbonyl (C=O) groups is 1. The second-order valence-corrected chi connectivity index (χ2v) is 7.31. The normalized spacial score (nSPS) is 15.3. The molecule has 2 N–H and O–H groups in total. The SMILES string of the molecule is C[C@H](C(=O)Nc1ccc2c(c1)OCO2)[NH+](C)Cc1ccc(Cl)s1. The number of likely N-dealkylation sites (N-methyl/N-ethyl adjacent to an activating group) is 1. The summed E-state index contributed by atoms with van der Waals surface area (Å²) in [4.78, 5) is 14.7. The van der Waals surface area contributed by atoms with Gasteiger partial charge in [-0.3, -0.25) is 4.79 Å². The summed E-state index contributed by atoms with van der Waals surface area (Å²) in [5.41, 5.74) is 0.707. The predicted octanol–water partition coefficient (Wildman–Crippen LogP) is 2.17. The van der Waals surface area contributed by atoms with Gasteiger partial charge in [0.1, 0.15) is 6.54 Å². The van der Waals surface area contributed by atoms with E-state index in [0.717, 1.165) is 20.7 Å². The summed E-state index contributed by atoms with van der Waals surface area (Å²) in [6, 6.07) is 9.08. The molecule has 2 atom stereocenters. The first-order valence-corrected chi connectivity index (χ1v) is 8.49. The van der Waals surface area contributed by atoms with Crippen molar-refractivity contribution in [2.75, 3.05) is 19.2 Å². The summed E-state index contributed by atoms with van der Waals surface area (Å²) >= 11 is 7.49. The van der Waals surface area contributed by atoms with Crippen molar-refractivity contribution >= 4 is 34.5 Å². The summed E-state index contributed by atoms with van der Waals surface area (Å²) in [6.45, 7) is 2.89. The number of quaternary nitrogens is 1. The molecule has 1 aliphatic rings. The highest BCUT2D eigenvalue weighted by Gasteiger charge is 2.23. The number of hydrogen-bond donors (Lipinski definition) is 2. The number of rotatable bonds is 5.